The van der Waals surface area contributed by atoms with Crippen LogP contribution in [0.1, 0.15) is 53.5 Å². The van der Waals surface area contributed by atoms with Crippen molar-refractivity contribution in [2.45, 2.75) is 32.8 Å². The van der Waals surface area contributed by atoms with E-state index in [4.69, 9.17) is 28.4 Å². The molecule has 0 spiro atoms. The molecule has 0 fully saturated rings. The Balaban J connectivity index is 1.43. The van der Waals surface area contributed by atoms with Crippen LogP contribution in [-0.4, -0.2) is 96.9 Å². The molecule has 0 saturated carbocycles. The predicted molar refractivity (Wildman–Crippen MR) is 159 cm³/mol. The van der Waals surface area contributed by atoms with E-state index in [0.29, 0.717) is 6.07 Å². The van der Waals surface area contributed by atoms with Gasteiger partial charge in [-0.25, -0.2) is 4.79 Å². The summed E-state index contributed by atoms with van der Waals surface area (Å²) in [5.41, 5.74) is -5.02. The summed E-state index contributed by atoms with van der Waals surface area (Å²) in [4.78, 5) is 81.1. The Morgan fingerprint density at radius 2 is 1.12 bits per heavy atom. The number of hydrogen-bond acceptors (Lipinski definition) is 16. The highest BCUT2D eigenvalue weighted by atomic mass is 16.6. The fraction of sp³-hybridized carbons (Fsp3) is 0.448. The number of nitro benzene ring substituents is 3. The van der Waals surface area contributed by atoms with E-state index in [1.54, 1.807) is 20.8 Å². The molecule has 0 amide bonds. The van der Waals surface area contributed by atoms with Gasteiger partial charge in [0.1, 0.15) is 25.2 Å². The molecule has 1 aliphatic carbocycles. The molecule has 0 atom stereocenters. The Hall–Kier alpha value is -5.40. The van der Waals surface area contributed by atoms with E-state index in [1.165, 1.54) is 0 Å². The quantitative estimate of drug-likeness (QED) is 0.0468. The van der Waals surface area contributed by atoms with Crippen molar-refractivity contribution in [3.63, 3.8) is 0 Å². The first-order valence-corrected chi connectivity index (χ1v) is 14.2. The third-order valence-corrected chi connectivity index (χ3v) is 6.21. The van der Waals surface area contributed by atoms with Gasteiger partial charge in [0, 0.05) is 34.9 Å². The van der Waals surface area contributed by atoms with Gasteiger partial charge in [0.25, 0.3) is 17.1 Å². The van der Waals surface area contributed by atoms with Gasteiger partial charge in [0.15, 0.2) is 5.78 Å². The summed E-state index contributed by atoms with van der Waals surface area (Å²) in [5, 5.41) is 34.6. The number of ether oxygens (including phenoxy) is 6. The molecular formula is C29H31N3O16. The van der Waals surface area contributed by atoms with E-state index >= 15 is 0 Å². The smallest absolute Gasteiger partial charge is 0.339 e. The maximum absolute atomic E-state index is 13.1. The number of carbonyl (C=O) groups excluding carboxylic acids is 4. The second-order valence-corrected chi connectivity index (χ2v) is 10.9. The fourth-order valence-corrected chi connectivity index (χ4v) is 4.36. The van der Waals surface area contributed by atoms with Crippen molar-refractivity contribution in [3.05, 3.63) is 71.3 Å². The Morgan fingerprint density at radius 3 is 1.62 bits per heavy atom. The SMILES string of the molecule is CC(C)(C)OC(=O)CC(=O)OCCOCCOCCOCCOC(=O)c1cc([N+](=O)[O-])cc2c1-c1c(cc([N+](=O)[O-])cc1[N+](=O)[O-])C2=O. The molecule has 0 saturated heterocycles. The largest absolute Gasteiger partial charge is 0.463 e. The minimum absolute atomic E-state index is 0.0646. The van der Waals surface area contributed by atoms with E-state index in [-0.39, 0.29) is 64.0 Å². The molecule has 0 bridgehead atoms. The number of hydrogen-bond donors (Lipinski definition) is 0. The average Bonchev–Trinajstić information content (AvgIpc) is 3.28. The summed E-state index contributed by atoms with van der Waals surface area (Å²) in [6, 6.07) is 3.08. The van der Waals surface area contributed by atoms with E-state index in [0.717, 1.165) is 18.2 Å². The Bertz CT molecular complexity index is 1610. The third kappa shape index (κ3) is 10.0. The van der Waals surface area contributed by atoms with Crippen LogP contribution in [0, 0.1) is 30.3 Å². The van der Waals surface area contributed by atoms with Crippen LogP contribution in [0.3, 0.4) is 0 Å². The van der Waals surface area contributed by atoms with Crippen LogP contribution >= 0.6 is 0 Å². The van der Waals surface area contributed by atoms with Crippen LogP contribution in [0.25, 0.3) is 11.1 Å². The zero-order chi connectivity index (χ0) is 35.6. The lowest BCUT2D eigenvalue weighted by atomic mass is 9.97. The molecule has 19 heteroatoms. The maximum atomic E-state index is 13.1. The van der Waals surface area contributed by atoms with Crippen LogP contribution in [0.5, 0.6) is 0 Å². The van der Waals surface area contributed by atoms with Crippen LogP contribution in [0.15, 0.2) is 24.3 Å². The molecule has 3 rings (SSSR count). The van der Waals surface area contributed by atoms with Crippen molar-refractivity contribution in [2.24, 2.45) is 0 Å². The van der Waals surface area contributed by atoms with Gasteiger partial charge in [-0.3, -0.25) is 44.7 Å². The van der Waals surface area contributed by atoms with Crippen LogP contribution in [-0.2, 0) is 38.0 Å². The highest BCUT2D eigenvalue weighted by Crippen LogP contribution is 2.47. The minimum atomic E-state index is -1.14. The molecule has 0 aliphatic heterocycles. The van der Waals surface area contributed by atoms with E-state index in [1.807, 2.05) is 0 Å². The number of non-ortho nitro benzene ring substituents is 2. The Labute approximate surface area is 271 Å². The van der Waals surface area contributed by atoms with Crippen molar-refractivity contribution in [1.82, 2.24) is 0 Å². The zero-order valence-corrected chi connectivity index (χ0v) is 26.0. The number of ketones is 1. The lowest BCUT2D eigenvalue weighted by Crippen LogP contribution is -2.26. The number of rotatable bonds is 18. The van der Waals surface area contributed by atoms with Crippen molar-refractivity contribution in [2.75, 3.05) is 52.9 Å². The molecular weight excluding hydrogens is 646 g/mol. The molecule has 0 radical (unpaired) electrons. The van der Waals surface area contributed by atoms with E-state index < -0.39 is 84.2 Å². The lowest BCUT2D eigenvalue weighted by Gasteiger charge is -2.19. The molecule has 0 unspecified atom stereocenters. The van der Waals surface area contributed by atoms with Crippen LogP contribution < -0.4 is 0 Å². The standard InChI is InChI=1S/C29H31N3O16/c1-29(2,3)48-24(34)16-23(33)46-10-8-44-6-4-43-5-7-45-9-11-47-28(36)21-14-17(30(37)38)12-19-25(21)26-20(27(19)35)13-18(31(39)40)15-22(26)32(41)42/h12-15H,4-11,16H2,1-3H3. The highest BCUT2D eigenvalue weighted by molar-refractivity contribution is 6.26. The Morgan fingerprint density at radius 1 is 0.646 bits per heavy atom. The normalized spacial score (nSPS) is 11.8. The molecule has 1 aliphatic rings. The highest BCUT2D eigenvalue weighted by Gasteiger charge is 2.40. The Kier molecular flexibility index (Phi) is 12.7. The third-order valence-electron chi connectivity index (χ3n) is 6.21. The molecule has 0 N–H and O–H groups in total. The molecule has 19 nitrogen and oxygen atoms in total. The van der Waals surface area contributed by atoms with E-state index in [9.17, 15) is 49.5 Å². The maximum Gasteiger partial charge on any atom is 0.339 e. The number of nitrogens with zero attached hydrogens (tertiary/aromatic N) is 3. The molecule has 0 aromatic heterocycles. The van der Waals surface area contributed by atoms with E-state index in [2.05, 4.69) is 0 Å². The summed E-state index contributed by atoms with van der Waals surface area (Å²) < 4.78 is 30.9. The number of nitro groups is 3. The molecule has 48 heavy (non-hydrogen) atoms. The van der Waals surface area contributed by atoms with Gasteiger partial charge in [-0.2, -0.15) is 0 Å². The lowest BCUT2D eigenvalue weighted by molar-refractivity contribution is -0.393. The number of fused-ring (bicyclic) bond motifs is 3. The summed E-state index contributed by atoms with van der Waals surface area (Å²) in [6.45, 7) is 5.15. The summed E-state index contributed by atoms with van der Waals surface area (Å²) in [7, 11) is 0. The van der Waals surface area contributed by atoms with Crippen LogP contribution in [0.2, 0.25) is 0 Å². The zero-order valence-electron chi connectivity index (χ0n) is 26.0. The van der Waals surface area contributed by atoms with Gasteiger partial charge in [-0.15, -0.1) is 0 Å². The van der Waals surface area contributed by atoms with Crippen molar-refractivity contribution in [3.8, 4) is 11.1 Å². The number of esters is 3. The van der Waals surface area contributed by atoms with Gasteiger partial charge in [-0.1, -0.05) is 0 Å². The summed E-state index contributed by atoms with van der Waals surface area (Å²) >= 11 is 0. The van der Waals surface area contributed by atoms with Crippen molar-refractivity contribution < 1.29 is 62.4 Å². The molecule has 2 aromatic rings. The van der Waals surface area contributed by atoms with Gasteiger partial charge in [0.05, 0.1) is 71.6 Å². The summed E-state index contributed by atoms with van der Waals surface area (Å²) in [5.74, 6) is -3.53. The number of carbonyl (C=O) groups is 4. The van der Waals surface area contributed by atoms with Gasteiger partial charge in [0.2, 0.25) is 0 Å². The molecule has 258 valence electrons. The topological polar surface area (TPSA) is 253 Å². The molecule has 0 heterocycles. The van der Waals surface area contributed by atoms with Gasteiger partial charge >= 0.3 is 17.9 Å². The second-order valence-electron chi connectivity index (χ2n) is 10.9. The molecule has 2 aromatic carbocycles. The summed E-state index contributed by atoms with van der Waals surface area (Å²) in [6.07, 6.45) is -0.509. The monoisotopic (exact) mass is 677 g/mol. The first-order valence-electron chi connectivity index (χ1n) is 14.2. The fourth-order valence-electron chi connectivity index (χ4n) is 4.36. The second kappa shape index (κ2) is 16.4. The first kappa shape index (κ1) is 37.1. The van der Waals surface area contributed by atoms with Gasteiger partial charge < -0.3 is 28.4 Å². The first-order chi connectivity index (χ1) is 22.6. The number of benzene rings is 2. The average molecular weight is 678 g/mol. The minimum Gasteiger partial charge on any atom is -0.463 e. The predicted octanol–water partition coefficient (Wildman–Crippen LogP) is 3.10. The van der Waals surface area contributed by atoms with Crippen molar-refractivity contribution in [1.29, 1.82) is 0 Å². The van der Waals surface area contributed by atoms with Crippen LogP contribution in [0.4, 0.5) is 17.1 Å². The van der Waals surface area contributed by atoms with Crippen molar-refractivity contribution >= 4 is 40.8 Å². The van der Waals surface area contributed by atoms with Gasteiger partial charge in [-0.05, 0) is 20.8 Å².